The zero-order valence-electron chi connectivity index (χ0n) is 18.7. The van der Waals surface area contributed by atoms with Gasteiger partial charge in [-0.05, 0) is 52.5 Å². The number of hydrogen-bond donors (Lipinski definition) is 1. The molecule has 3 aliphatic rings. The second kappa shape index (κ2) is 8.12. The highest BCUT2D eigenvalue weighted by Gasteiger charge is 2.50. The van der Waals surface area contributed by atoms with Crippen LogP contribution in [0.3, 0.4) is 0 Å². The van der Waals surface area contributed by atoms with Crippen LogP contribution in [0.1, 0.15) is 55.4 Å². The molecule has 1 saturated heterocycles. The van der Waals surface area contributed by atoms with E-state index in [2.05, 4.69) is 84.7 Å². The van der Waals surface area contributed by atoms with Gasteiger partial charge in [-0.15, -0.1) is 0 Å². The SMILES string of the molecule is CC1(C)C[C@H]1C(=O)NCCN1CCC(=C2c3ccccc3C=Cc3ccccc32)CC1. The fraction of sp³-hybridized carbons (Fsp3) is 0.393. The molecule has 2 aromatic carbocycles. The highest BCUT2D eigenvalue weighted by Crippen LogP contribution is 2.51. The van der Waals surface area contributed by atoms with Crippen molar-refractivity contribution < 1.29 is 4.79 Å². The lowest BCUT2D eigenvalue weighted by Gasteiger charge is -2.30. The Bertz CT molecular complexity index is 1000. The minimum Gasteiger partial charge on any atom is -0.355 e. The first-order chi connectivity index (χ1) is 15.0. The smallest absolute Gasteiger partial charge is 0.223 e. The number of rotatable bonds is 4. The molecule has 0 bridgehead atoms. The predicted molar refractivity (Wildman–Crippen MR) is 128 cm³/mol. The number of piperidine rings is 1. The van der Waals surface area contributed by atoms with E-state index in [1.165, 1.54) is 27.8 Å². The lowest BCUT2D eigenvalue weighted by Crippen LogP contribution is -2.39. The highest BCUT2D eigenvalue weighted by atomic mass is 16.2. The molecule has 2 aliphatic carbocycles. The fourth-order valence-electron chi connectivity index (χ4n) is 5.12. The maximum absolute atomic E-state index is 12.2. The van der Waals surface area contributed by atoms with Gasteiger partial charge in [0.25, 0.3) is 0 Å². The van der Waals surface area contributed by atoms with E-state index in [1.807, 2.05) is 0 Å². The normalized spacial score (nSPS) is 21.8. The zero-order chi connectivity index (χ0) is 21.4. The van der Waals surface area contributed by atoms with Crippen LogP contribution in [0, 0.1) is 11.3 Å². The molecule has 0 radical (unpaired) electrons. The minimum atomic E-state index is 0.205. The summed E-state index contributed by atoms with van der Waals surface area (Å²) < 4.78 is 0. The Labute approximate surface area is 185 Å². The average Bonchev–Trinajstić information content (AvgIpc) is 3.47. The van der Waals surface area contributed by atoms with Crippen molar-refractivity contribution in [3.05, 3.63) is 76.4 Å². The van der Waals surface area contributed by atoms with Crippen LogP contribution in [0.5, 0.6) is 0 Å². The molecule has 0 unspecified atom stereocenters. The number of hydrogen-bond acceptors (Lipinski definition) is 2. The Morgan fingerprint density at radius 3 is 2.06 bits per heavy atom. The summed E-state index contributed by atoms with van der Waals surface area (Å²) in [5.41, 5.74) is 8.50. The van der Waals surface area contributed by atoms with E-state index in [9.17, 15) is 4.79 Å². The third-order valence-electron chi connectivity index (χ3n) is 7.27. The molecule has 160 valence electrons. The maximum atomic E-state index is 12.2. The number of likely N-dealkylation sites (tertiary alicyclic amines) is 1. The van der Waals surface area contributed by atoms with Gasteiger partial charge in [-0.25, -0.2) is 0 Å². The van der Waals surface area contributed by atoms with E-state index < -0.39 is 0 Å². The monoisotopic (exact) mass is 412 g/mol. The zero-order valence-corrected chi connectivity index (χ0v) is 18.7. The van der Waals surface area contributed by atoms with Crippen molar-refractivity contribution in [2.24, 2.45) is 11.3 Å². The Hall–Kier alpha value is -2.65. The van der Waals surface area contributed by atoms with E-state index in [0.717, 1.165) is 45.4 Å². The van der Waals surface area contributed by atoms with E-state index in [-0.39, 0.29) is 17.2 Å². The third kappa shape index (κ3) is 4.12. The van der Waals surface area contributed by atoms with Crippen LogP contribution in [0.4, 0.5) is 0 Å². The number of nitrogens with zero attached hydrogens (tertiary/aromatic N) is 1. The number of fused-ring (bicyclic) bond motifs is 2. The van der Waals surface area contributed by atoms with Gasteiger partial charge in [0, 0.05) is 32.1 Å². The molecule has 0 aromatic heterocycles. The third-order valence-corrected chi connectivity index (χ3v) is 7.27. The maximum Gasteiger partial charge on any atom is 0.223 e. The molecule has 3 nitrogen and oxygen atoms in total. The van der Waals surface area contributed by atoms with Crippen molar-refractivity contribution in [1.82, 2.24) is 10.2 Å². The van der Waals surface area contributed by atoms with Crippen LogP contribution < -0.4 is 5.32 Å². The van der Waals surface area contributed by atoms with Crippen LogP contribution in [0.2, 0.25) is 0 Å². The number of carbonyl (C=O) groups is 1. The van der Waals surface area contributed by atoms with Gasteiger partial charge in [-0.1, -0.05) is 80.1 Å². The number of benzene rings is 2. The van der Waals surface area contributed by atoms with Crippen molar-refractivity contribution in [3.8, 4) is 0 Å². The first kappa shape index (κ1) is 20.3. The Kier molecular flexibility index (Phi) is 5.31. The van der Waals surface area contributed by atoms with Gasteiger partial charge in [0.2, 0.25) is 5.91 Å². The first-order valence-electron chi connectivity index (χ1n) is 11.6. The van der Waals surface area contributed by atoms with E-state index >= 15 is 0 Å². The standard InChI is InChI=1S/C28H32N2O/c1-28(2)19-25(28)27(31)29-15-18-30-16-13-22(14-17-30)26-23-9-5-3-7-20(23)11-12-21-8-4-6-10-24(21)26/h3-12,25H,13-19H2,1-2H3,(H,29,31)/t25-/m0/s1. The summed E-state index contributed by atoms with van der Waals surface area (Å²) >= 11 is 0. The number of amides is 1. The van der Waals surface area contributed by atoms with Gasteiger partial charge < -0.3 is 10.2 Å². The van der Waals surface area contributed by atoms with Crippen molar-refractivity contribution in [1.29, 1.82) is 0 Å². The molecule has 1 saturated carbocycles. The van der Waals surface area contributed by atoms with Crippen LogP contribution >= 0.6 is 0 Å². The first-order valence-corrected chi connectivity index (χ1v) is 11.6. The average molecular weight is 413 g/mol. The highest BCUT2D eigenvalue weighted by molar-refractivity contribution is 5.94. The summed E-state index contributed by atoms with van der Waals surface area (Å²) in [7, 11) is 0. The summed E-state index contributed by atoms with van der Waals surface area (Å²) in [4.78, 5) is 14.7. The molecule has 1 aliphatic heterocycles. The van der Waals surface area contributed by atoms with Crippen LogP contribution in [0.15, 0.2) is 54.1 Å². The van der Waals surface area contributed by atoms with Crippen molar-refractivity contribution in [2.45, 2.75) is 33.1 Å². The van der Waals surface area contributed by atoms with E-state index in [4.69, 9.17) is 0 Å². The second-order valence-electron chi connectivity index (χ2n) is 9.86. The Morgan fingerprint density at radius 2 is 1.52 bits per heavy atom. The van der Waals surface area contributed by atoms with E-state index in [1.54, 1.807) is 5.57 Å². The molecule has 1 N–H and O–H groups in total. The molecule has 31 heavy (non-hydrogen) atoms. The molecule has 2 fully saturated rings. The minimum absolute atomic E-state index is 0.205. The Morgan fingerprint density at radius 1 is 0.968 bits per heavy atom. The van der Waals surface area contributed by atoms with Gasteiger partial charge >= 0.3 is 0 Å². The molecular weight excluding hydrogens is 380 g/mol. The summed E-state index contributed by atoms with van der Waals surface area (Å²) in [5.74, 6) is 0.457. The van der Waals surface area contributed by atoms with Crippen LogP contribution in [0.25, 0.3) is 17.7 Å². The van der Waals surface area contributed by atoms with Gasteiger partial charge in [-0.3, -0.25) is 4.79 Å². The quantitative estimate of drug-likeness (QED) is 0.636. The summed E-state index contributed by atoms with van der Waals surface area (Å²) in [5, 5.41) is 3.16. The van der Waals surface area contributed by atoms with E-state index in [0.29, 0.717) is 0 Å². The van der Waals surface area contributed by atoms with Crippen molar-refractivity contribution in [2.75, 3.05) is 26.2 Å². The second-order valence-corrected chi connectivity index (χ2v) is 9.86. The summed E-state index contributed by atoms with van der Waals surface area (Å²) in [6, 6.07) is 17.5. The topological polar surface area (TPSA) is 32.3 Å². The largest absolute Gasteiger partial charge is 0.355 e. The Balaban J connectivity index is 1.29. The predicted octanol–water partition coefficient (Wildman–Crippen LogP) is 5.23. The van der Waals surface area contributed by atoms with Crippen molar-refractivity contribution in [3.63, 3.8) is 0 Å². The molecule has 2 aromatic rings. The molecule has 5 rings (SSSR count). The fourth-order valence-corrected chi connectivity index (χ4v) is 5.12. The van der Waals surface area contributed by atoms with Crippen LogP contribution in [-0.4, -0.2) is 37.0 Å². The summed E-state index contributed by atoms with van der Waals surface area (Å²) in [6.45, 7) is 8.17. The summed E-state index contributed by atoms with van der Waals surface area (Å²) in [6.07, 6.45) is 7.70. The van der Waals surface area contributed by atoms with Gasteiger partial charge in [0.1, 0.15) is 0 Å². The van der Waals surface area contributed by atoms with Gasteiger partial charge in [0.15, 0.2) is 0 Å². The molecule has 1 atom stereocenters. The lowest BCUT2D eigenvalue weighted by atomic mass is 9.86. The van der Waals surface area contributed by atoms with Gasteiger partial charge in [0.05, 0.1) is 0 Å². The molecule has 1 heterocycles. The molecular formula is C28H32N2O. The lowest BCUT2D eigenvalue weighted by molar-refractivity contribution is -0.123. The number of carbonyl (C=O) groups excluding carboxylic acids is 1. The molecule has 0 spiro atoms. The molecule has 1 amide bonds. The van der Waals surface area contributed by atoms with Gasteiger partial charge in [-0.2, -0.15) is 0 Å². The van der Waals surface area contributed by atoms with Crippen molar-refractivity contribution >= 4 is 23.6 Å². The molecule has 3 heteroatoms. The number of nitrogens with one attached hydrogen (secondary N) is 1. The van der Waals surface area contributed by atoms with Crippen LogP contribution in [-0.2, 0) is 4.79 Å².